The van der Waals surface area contributed by atoms with E-state index in [-0.39, 0.29) is 13.0 Å². The predicted molar refractivity (Wildman–Crippen MR) is 82.2 cm³/mol. The van der Waals surface area contributed by atoms with Gasteiger partial charge in [-0.3, -0.25) is 0 Å². The fraction of sp³-hybridized carbons (Fsp3) is 0.250. The Labute approximate surface area is 134 Å². The zero-order valence-electron chi connectivity index (χ0n) is 12.5. The Morgan fingerprint density at radius 1 is 1.13 bits per heavy atom. The Morgan fingerprint density at radius 3 is 2.35 bits per heavy atom. The topological polar surface area (TPSA) is 57.6 Å². The average molecular weight is 341 g/mol. The minimum Gasteiger partial charge on any atom is -0.396 e. The van der Waals surface area contributed by atoms with E-state index < -0.39 is 32.6 Å². The van der Waals surface area contributed by atoms with E-state index in [1.54, 1.807) is 30.3 Å². The summed E-state index contributed by atoms with van der Waals surface area (Å²) in [6.45, 7) is -0.231. The van der Waals surface area contributed by atoms with E-state index in [1.807, 2.05) is 0 Å². The summed E-state index contributed by atoms with van der Waals surface area (Å²) >= 11 is 0. The van der Waals surface area contributed by atoms with E-state index >= 15 is 0 Å². The van der Waals surface area contributed by atoms with Crippen LogP contribution in [0.1, 0.15) is 18.0 Å². The first-order valence-electron chi connectivity index (χ1n) is 6.97. The van der Waals surface area contributed by atoms with Gasteiger partial charge in [0.1, 0.15) is 16.5 Å². The zero-order chi connectivity index (χ0) is 17.0. The number of nitrogens with zero attached hydrogens (tertiary/aromatic N) is 1. The molecule has 0 amide bonds. The van der Waals surface area contributed by atoms with Crippen LogP contribution in [0.25, 0.3) is 0 Å². The Morgan fingerprint density at radius 2 is 1.78 bits per heavy atom. The second kappa shape index (κ2) is 7.16. The van der Waals surface area contributed by atoms with Crippen molar-refractivity contribution >= 4 is 10.0 Å². The number of hydrogen-bond acceptors (Lipinski definition) is 3. The Bertz CT molecular complexity index is 766. The van der Waals surface area contributed by atoms with Crippen LogP contribution in [0.5, 0.6) is 0 Å². The van der Waals surface area contributed by atoms with Crippen molar-refractivity contribution in [2.24, 2.45) is 0 Å². The van der Waals surface area contributed by atoms with E-state index in [0.717, 1.165) is 16.4 Å². The third-order valence-corrected chi connectivity index (χ3v) is 5.48. The molecule has 0 aliphatic rings. The number of benzene rings is 2. The quantitative estimate of drug-likeness (QED) is 0.879. The van der Waals surface area contributed by atoms with Crippen molar-refractivity contribution in [3.05, 3.63) is 65.7 Å². The molecule has 1 N–H and O–H groups in total. The van der Waals surface area contributed by atoms with Gasteiger partial charge in [0.05, 0.1) is 6.04 Å². The lowest BCUT2D eigenvalue weighted by atomic mass is 10.0. The Kier molecular flexibility index (Phi) is 5.46. The van der Waals surface area contributed by atoms with Crippen LogP contribution >= 0.6 is 0 Å². The monoisotopic (exact) mass is 341 g/mol. The van der Waals surface area contributed by atoms with Crippen molar-refractivity contribution < 1.29 is 22.3 Å². The first-order valence-corrected chi connectivity index (χ1v) is 8.41. The molecule has 2 aromatic rings. The van der Waals surface area contributed by atoms with Crippen LogP contribution in [0.3, 0.4) is 0 Å². The molecule has 0 fully saturated rings. The molecule has 124 valence electrons. The van der Waals surface area contributed by atoms with Gasteiger partial charge in [-0.15, -0.1) is 0 Å². The standard InChI is InChI=1S/C16H17F2NO3S/c1-19(15(9-10-20)12-5-3-2-4-6-12)23(21,22)16-8-7-13(17)11-14(16)18/h2-8,11,15,20H,9-10H2,1H3/t15-/m0/s1. The number of halogens is 2. The molecule has 0 aromatic heterocycles. The summed E-state index contributed by atoms with van der Waals surface area (Å²) in [6, 6.07) is 10.4. The highest BCUT2D eigenvalue weighted by molar-refractivity contribution is 7.89. The fourth-order valence-corrected chi connectivity index (χ4v) is 3.78. The van der Waals surface area contributed by atoms with Crippen molar-refractivity contribution in [2.45, 2.75) is 17.4 Å². The summed E-state index contributed by atoms with van der Waals surface area (Å²) in [5.74, 6) is -1.99. The van der Waals surface area contributed by atoms with Crippen molar-refractivity contribution in [3.8, 4) is 0 Å². The van der Waals surface area contributed by atoms with Crippen LogP contribution in [0.15, 0.2) is 53.4 Å². The van der Waals surface area contributed by atoms with Crippen LogP contribution < -0.4 is 0 Å². The molecule has 4 nitrogen and oxygen atoms in total. The van der Waals surface area contributed by atoms with Crippen LogP contribution in [0.4, 0.5) is 8.78 Å². The van der Waals surface area contributed by atoms with E-state index in [9.17, 15) is 22.3 Å². The highest BCUT2D eigenvalue weighted by Gasteiger charge is 2.31. The molecule has 2 aromatic carbocycles. The number of hydrogen-bond donors (Lipinski definition) is 1. The van der Waals surface area contributed by atoms with Gasteiger partial charge < -0.3 is 5.11 Å². The number of sulfonamides is 1. The molecule has 0 spiro atoms. The number of aliphatic hydroxyl groups is 1. The summed E-state index contributed by atoms with van der Waals surface area (Å²) in [5, 5.41) is 9.23. The third kappa shape index (κ3) is 3.74. The molecule has 0 saturated heterocycles. The van der Waals surface area contributed by atoms with Crippen LogP contribution in [0.2, 0.25) is 0 Å². The lowest BCUT2D eigenvalue weighted by molar-refractivity contribution is 0.240. The maximum atomic E-state index is 13.9. The molecule has 0 unspecified atom stereocenters. The molecular weight excluding hydrogens is 324 g/mol. The van der Waals surface area contributed by atoms with Gasteiger partial charge in [-0.05, 0) is 24.1 Å². The van der Waals surface area contributed by atoms with Gasteiger partial charge in [0.25, 0.3) is 0 Å². The van der Waals surface area contributed by atoms with E-state index in [0.29, 0.717) is 11.6 Å². The van der Waals surface area contributed by atoms with Gasteiger partial charge in [-0.25, -0.2) is 17.2 Å². The van der Waals surface area contributed by atoms with E-state index in [2.05, 4.69) is 0 Å². The second-order valence-electron chi connectivity index (χ2n) is 5.03. The molecule has 0 saturated carbocycles. The first kappa shape index (κ1) is 17.5. The van der Waals surface area contributed by atoms with Crippen molar-refractivity contribution in [2.75, 3.05) is 13.7 Å². The van der Waals surface area contributed by atoms with Crippen LogP contribution in [-0.2, 0) is 10.0 Å². The number of aliphatic hydroxyl groups excluding tert-OH is 1. The van der Waals surface area contributed by atoms with Crippen LogP contribution in [-0.4, -0.2) is 31.5 Å². The van der Waals surface area contributed by atoms with Gasteiger partial charge >= 0.3 is 0 Å². The SMILES string of the molecule is CN([C@@H](CCO)c1ccccc1)S(=O)(=O)c1ccc(F)cc1F. The molecule has 0 heterocycles. The molecule has 0 aliphatic heterocycles. The lowest BCUT2D eigenvalue weighted by Crippen LogP contribution is -2.32. The highest BCUT2D eigenvalue weighted by atomic mass is 32.2. The molecule has 0 aliphatic carbocycles. The largest absolute Gasteiger partial charge is 0.396 e. The fourth-order valence-electron chi connectivity index (χ4n) is 2.36. The van der Waals surface area contributed by atoms with E-state index in [1.165, 1.54) is 7.05 Å². The summed E-state index contributed by atoms with van der Waals surface area (Å²) < 4.78 is 53.1. The first-order chi connectivity index (χ1) is 10.9. The molecule has 0 bridgehead atoms. The normalized spacial score (nSPS) is 13.3. The maximum Gasteiger partial charge on any atom is 0.246 e. The highest BCUT2D eigenvalue weighted by Crippen LogP contribution is 2.29. The van der Waals surface area contributed by atoms with Crippen molar-refractivity contribution in [1.29, 1.82) is 0 Å². The van der Waals surface area contributed by atoms with Crippen molar-refractivity contribution in [1.82, 2.24) is 4.31 Å². The summed E-state index contributed by atoms with van der Waals surface area (Å²) in [4.78, 5) is -0.597. The summed E-state index contributed by atoms with van der Waals surface area (Å²) in [7, 11) is -2.86. The maximum absolute atomic E-state index is 13.9. The Hall–Kier alpha value is -1.83. The average Bonchev–Trinajstić information content (AvgIpc) is 2.52. The minimum atomic E-state index is -4.18. The molecule has 0 radical (unpaired) electrons. The molecule has 23 heavy (non-hydrogen) atoms. The van der Waals surface area contributed by atoms with Crippen LogP contribution in [0, 0.1) is 11.6 Å². The summed E-state index contributed by atoms with van der Waals surface area (Å²) in [6.07, 6.45) is 0.155. The lowest BCUT2D eigenvalue weighted by Gasteiger charge is -2.27. The summed E-state index contributed by atoms with van der Waals surface area (Å²) in [5.41, 5.74) is 0.676. The smallest absolute Gasteiger partial charge is 0.246 e. The van der Waals surface area contributed by atoms with Gasteiger partial charge in [-0.2, -0.15) is 4.31 Å². The molecule has 7 heteroatoms. The zero-order valence-corrected chi connectivity index (χ0v) is 13.3. The Balaban J connectivity index is 2.44. The van der Waals surface area contributed by atoms with Gasteiger partial charge in [0.2, 0.25) is 10.0 Å². The molecule has 1 atom stereocenters. The molecular formula is C16H17F2NO3S. The third-order valence-electron chi connectivity index (χ3n) is 3.58. The van der Waals surface area contributed by atoms with Crippen molar-refractivity contribution in [3.63, 3.8) is 0 Å². The van der Waals surface area contributed by atoms with Gasteiger partial charge in [-0.1, -0.05) is 30.3 Å². The predicted octanol–water partition coefficient (Wildman–Crippen LogP) is 2.71. The number of rotatable bonds is 6. The van der Waals surface area contributed by atoms with E-state index in [4.69, 9.17) is 0 Å². The molecule has 2 rings (SSSR count). The second-order valence-corrected chi connectivity index (χ2v) is 7.00. The minimum absolute atomic E-state index is 0.155. The van der Waals surface area contributed by atoms with Gasteiger partial charge in [0.15, 0.2) is 0 Å². The van der Waals surface area contributed by atoms with Gasteiger partial charge in [0, 0.05) is 19.7 Å².